The topological polar surface area (TPSA) is 108 Å². The summed E-state index contributed by atoms with van der Waals surface area (Å²) in [5.74, 6) is -0.518. The molecule has 3 rings (SSSR count). The number of carbonyl (C=O) groups excluding carboxylic acids is 1. The number of aryl methyl sites for hydroxylation is 2. The van der Waals surface area contributed by atoms with E-state index in [-0.39, 0.29) is 22.4 Å². The Morgan fingerprint density at radius 3 is 2.66 bits per heavy atom. The van der Waals surface area contributed by atoms with Crippen molar-refractivity contribution in [2.24, 2.45) is 0 Å². The Morgan fingerprint density at radius 2 is 2.00 bits per heavy atom. The first-order chi connectivity index (χ1) is 13.9. The van der Waals surface area contributed by atoms with Crippen LogP contribution in [0.25, 0.3) is 0 Å². The maximum Gasteiger partial charge on any atom is 0.293 e. The van der Waals surface area contributed by atoms with Gasteiger partial charge in [-0.05, 0) is 61.7 Å². The van der Waals surface area contributed by atoms with Crippen LogP contribution in [0.15, 0.2) is 36.4 Å². The van der Waals surface area contributed by atoms with E-state index < -0.39 is 10.8 Å². The highest BCUT2D eigenvalue weighted by Crippen LogP contribution is 2.31. The van der Waals surface area contributed by atoms with Crippen LogP contribution in [0.3, 0.4) is 0 Å². The van der Waals surface area contributed by atoms with Gasteiger partial charge in [0.1, 0.15) is 5.69 Å². The van der Waals surface area contributed by atoms with E-state index in [1.807, 2.05) is 32.0 Å². The molecule has 1 fully saturated rings. The minimum Gasteiger partial charge on any atom is -0.377 e. The highest BCUT2D eigenvalue weighted by molar-refractivity contribution is 7.80. The van der Waals surface area contributed by atoms with Crippen molar-refractivity contribution in [3.05, 3.63) is 63.2 Å². The minimum atomic E-state index is -0.518. The van der Waals surface area contributed by atoms with Gasteiger partial charge < -0.3 is 10.6 Å². The molecule has 0 aromatic heterocycles. The molecule has 2 aromatic rings. The average Bonchev–Trinajstić information content (AvgIpc) is 3.51. The Hall–Kier alpha value is -3.20. The summed E-state index contributed by atoms with van der Waals surface area (Å²) < 4.78 is 0. The van der Waals surface area contributed by atoms with E-state index in [0.29, 0.717) is 5.69 Å². The first kappa shape index (κ1) is 20.5. The molecule has 8 nitrogen and oxygen atoms in total. The van der Waals surface area contributed by atoms with Gasteiger partial charge in [-0.25, -0.2) is 0 Å². The van der Waals surface area contributed by atoms with Gasteiger partial charge in [-0.3, -0.25) is 25.8 Å². The van der Waals surface area contributed by atoms with Crippen molar-refractivity contribution in [1.29, 1.82) is 0 Å². The number of thiocarbonyl (C=S) groups is 1. The quantitative estimate of drug-likeness (QED) is 0.325. The summed E-state index contributed by atoms with van der Waals surface area (Å²) in [6.45, 7) is 4.02. The lowest BCUT2D eigenvalue weighted by Gasteiger charge is -2.16. The zero-order valence-electron chi connectivity index (χ0n) is 16.2. The molecule has 0 bridgehead atoms. The van der Waals surface area contributed by atoms with Gasteiger partial charge in [-0.15, -0.1) is 0 Å². The van der Waals surface area contributed by atoms with Crippen LogP contribution in [0.5, 0.6) is 0 Å². The van der Waals surface area contributed by atoms with E-state index in [1.54, 1.807) is 12.1 Å². The molecule has 0 unspecified atom stereocenters. The number of benzene rings is 2. The maximum atomic E-state index is 12.4. The monoisotopic (exact) mass is 413 g/mol. The van der Waals surface area contributed by atoms with Crippen molar-refractivity contribution < 1.29 is 9.72 Å². The fraction of sp³-hybridized carbons (Fsp3) is 0.300. The van der Waals surface area contributed by atoms with Crippen LogP contribution < -0.4 is 21.5 Å². The predicted molar refractivity (Wildman–Crippen MR) is 117 cm³/mol. The zero-order valence-corrected chi connectivity index (χ0v) is 17.1. The maximum absolute atomic E-state index is 12.4. The van der Waals surface area contributed by atoms with Crippen molar-refractivity contribution in [2.75, 3.05) is 10.6 Å². The number of hydrogen-bond donors (Lipinski definition) is 4. The number of rotatable bonds is 6. The molecule has 0 saturated heterocycles. The molecule has 0 heterocycles. The third kappa shape index (κ3) is 5.20. The van der Waals surface area contributed by atoms with Gasteiger partial charge in [-0.2, -0.15) is 0 Å². The number of amides is 1. The number of nitro benzene ring substituents is 1. The highest BCUT2D eigenvalue weighted by Gasteiger charge is 2.25. The normalized spacial score (nSPS) is 12.8. The number of anilines is 2. The molecule has 1 amide bonds. The Kier molecular flexibility index (Phi) is 6.28. The highest BCUT2D eigenvalue weighted by atomic mass is 32.1. The Bertz CT molecular complexity index is 959. The summed E-state index contributed by atoms with van der Waals surface area (Å²) in [5.41, 5.74) is 8.63. The fourth-order valence-electron chi connectivity index (χ4n) is 2.93. The lowest BCUT2D eigenvalue weighted by molar-refractivity contribution is -0.384. The third-order valence-electron chi connectivity index (χ3n) is 4.66. The van der Waals surface area contributed by atoms with Crippen LogP contribution in [-0.2, 0) is 6.42 Å². The number of hydrazine groups is 1. The third-order valence-corrected chi connectivity index (χ3v) is 4.87. The van der Waals surface area contributed by atoms with Crippen molar-refractivity contribution in [2.45, 2.75) is 39.2 Å². The summed E-state index contributed by atoms with van der Waals surface area (Å²) in [4.78, 5) is 23.3. The van der Waals surface area contributed by atoms with Gasteiger partial charge in [0.25, 0.3) is 11.6 Å². The van der Waals surface area contributed by atoms with E-state index >= 15 is 0 Å². The average molecular weight is 414 g/mol. The summed E-state index contributed by atoms with van der Waals surface area (Å²) in [7, 11) is 0. The SMILES string of the molecule is CCc1cccc(C)c1NC(=S)NNC(=O)c1ccc(NC2CC2)c([N+](=O)[O-])c1. The molecule has 29 heavy (non-hydrogen) atoms. The summed E-state index contributed by atoms with van der Waals surface area (Å²) >= 11 is 5.26. The van der Waals surface area contributed by atoms with Crippen LogP contribution >= 0.6 is 12.2 Å². The van der Waals surface area contributed by atoms with Crippen molar-refractivity contribution in [1.82, 2.24) is 10.9 Å². The summed E-state index contributed by atoms with van der Waals surface area (Å²) in [5, 5.41) is 17.8. The van der Waals surface area contributed by atoms with E-state index in [2.05, 4.69) is 21.5 Å². The van der Waals surface area contributed by atoms with Gasteiger partial charge in [0.2, 0.25) is 0 Å². The second-order valence-electron chi connectivity index (χ2n) is 6.90. The first-order valence-corrected chi connectivity index (χ1v) is 9.80. The van der Waals surface area contributed by atoms with E-state index in [1.165, 1.54) is 6.07 Å². The number of nitrogens with zero attached hydrogens (tertiary/aromatic N) is 1. The number of nitro groups is 1. The van der Waals surface area contributed by atoms with E-state index in [0.717, 1.165) is 36.1 Å². The molecule has 0 radical (unpaired) electrons. The van der Waals surface area contributed by atoms with Crippen LogP contribution in [-0.4, -0.2) is 22.0 Å². The van der Waals surface area contributed by atoms with Crippen molar-refractivity contribution in [3.8, 4) is 0 Å². The molecule has 1 aliphatic carbocycles. The van der Waals surface area contributed by atoms with Gasteiger partial charge in [0.15, 0.2) is 5.11 Å². The molecule has 9 heteroatoms. The van der Waals surface area contributed by atoms with Gasteiger partial charge in [0, 0.05) is 23.4 Å². The van der Waals surface area contributed by atoms with E-state index in [9.17, 15) is 14.9 Å². The molecule has 0 aliphatic heterocycles. The van der Waals surface area contributed by atoms with Gasteiger partial charge in [0.05, 0.1) is 4.92 Å². The van der Waals surface area contributed by atoms with Gasteiger partial charge in [-0.1, -0.05) is 25.1 Å². The largest absolute Gasteiger partial charge is 0.377 e. The van der Waals surface area contributed by atoms with Crippen LogP contribution in [0.2, 0.25) is 0 Å². The van der Waals surface area contributed by atoms with Crippen LogP contribution in [0.4, 0.5) is 17.1 Å². The lowest BCUT2D eigenvalue weighted by atomic mass is 10.1. The Balaban J connectivity index is 1.64. The number of para-hydroxylation sites is 1. The number of nitrogens with one attached hydrogen (secondary N) is 4. The predicted octanol–water partition coefficient (Wildman–Crippen LogP) is 3.67. The van der Waals surface area contributed by atoms with E-state index in [4.69, 9.17) is 12.2 Å². The second kappa shape index (κ2) is 8.87. The number of carbonyl (C=O) groups is 1. The van der Waals surface area contributed by atoms with Gasteiger partial charge >= 0.3 is 0 Å². The summed E-state index contributed by atoms with van der Waals surface area (Å²) in [6, 6.07) is 10.6. The molecule has 1 saturated carbocycles. The number of hydrogen-bond acceptors (Lipinski definition) is 5. The van der Waals surface area contributed by atoms with Crippen LogP contribution in [0, 0.1) is 17.0 Å². The molecule has 0 spiro atoms. The minimum absolute atomic E-state index is 0.127. The molecular formula is C20H23N5O3S. The standard InChI is InChI=1S/C20H23N5O3S/c1-3-13-6-4-5-12(2)18(13)22-20(29)24-23-19(26)14-7-10-16(21-15-8-9-15)17(11-14)25(27)28/h4-7,10-11,15,21H,3,8-9H2,1-2H3,(H,23,26)(H2,22,24,29). The summed E-state index contributed by atoms with van der Waals surface area (Å²) in [6.07, 6.45) is 2.83. The molecule has 1 aliphatic rings. The molecule has 2 aromatic carbocycles. The molecule has 152 valence electrons. The molecule has 4 N–H and O–H groups in total. The Labute approximate surface area is 174 Å². The zero-order chi connectivity index (χ0) is 21.0. The second-order valence-corrected chi connectivity index (χ2v) is 7.31. The van der Waals surface area contributed by atoms with Crippen molar-refractivity contribution >= 4 is 40.3 Å². The molecule has 0 atom stereocenters. The molecular weight excluding hydrogens is 390 g/mol. The first-order valence-electron chi connectivity index (χ1n) is 9.39. The Morgan fingerprint density at radius 1 is 1.24 bits per heavy atom. The van der Waals surface area contributed by atoms with Crippen molar-refractivity contribution in [3.63, 3.8) is 0 Å². The lowest BCUT2D eigenvalue weighted by Crippen LogP contribution is -2.44. The van der Waals surface area contributed by atoms with Crippen LogP contribution in [0.1, 0.15) is 41.3 Å². The fourth-order valence-corrected chi connectivity index (χ4v) is 3.08. The smallest absolute Gasteiger partial charge is 0.293 e.